The number of likely N-dealkylation sites (N-methyl/N-ethyl adjacent to an activating group) is 1. The number of rotatable bonds is 5. The van der Waals surface area contributed by atoms with Gasteiger partial charge in [0.05, 0.1) is 18.2 Å². The predicted molar refractivity (Wildman–Crippen MR) is 70.1 cm³/mol. The molecule has 18 heavy (non-hydrogen) atoms. The Kier molecular flexibility index (Phi) is 3.83. The molecule has 0 radical (unpaired) electrons. The van der Waals surface area contributed by atoms with E-state index in [-0.39, 0.29) is 5.91 Å². The SMILES string of the molecule is CCN(C(=O)CNc1ccc(C#N)cc1)C1CC1. The smallest absolute Gasteiger partial charge is 0.242 e. The molecule has 1 amide bonds. The summed E-state index contributed by atoms with van der Waals surface area (Å²) < 4.78 is 0. The van der Waals surface area contributed by atoms with Crippen LogP contribution in [0.25, 0.3) is 0 Å². The highest BCUT2D eigenvalue weighted by atomic mass is 16.2. The van der Waals surface area contributed by atoms with E-state index in [1.54, 1.807) is 12.1 Å². The maximum Gasteiger partial charge on any atom is 0.242 e. The highest BCUT2D eigenvalue weighted by Crippen LogP contribution is 2.26. The Morgan fingerprint density at radius 3 is 2.61 bits per heavy atom. The number of hydrogen-bond donors (Lipinski definition) is 1. The Morgan fingerprint density at radius 2 is 2.11 bits per heavy atom. The van der Waals surface area contributed by atoms with Gasteiger partial charge in [-0.2, -0.15) is 5.26 Å². The lowest BCUT2D eigenvalue weighted by Crippen LogP contribution is -2.37. The molecule has 0 spiro atoms. The van der Waals surface area contributed by atoms with Crippen molar-refractivity contribution >= 4 is 11.6 Å². The molecule has 1 saturated carbocycles. The molecule has 0 aromatic heterocycles. The average Bonchev–Trinajstić information content (AvgIpc) is 3.22. The molecular weight excluding hydrogens is 226 g/mol. The molecule has 94 valence electrons. The molecule has 4 nitrogen and oxygen atoms in total. The lowest BCUT2D eigenvalue weighted by Gasteiger charge is -2.20. The number of carbonyl (C=O) groups is 1. The molecule has 0 saturated heterocycles. The van der Waals surface area contributed by atoms with E-state index in [0.717, 1.165) is 25.1 Å². The normalized spacial score (nSPS) is 13.8. The van der Waals surface area contributed by atoms with Gasteiger partial charge in [-0.05, 0) is 44.0 Å². The first-order chi connectivity index (χ1) is 8.74. The molecular formula is C14H17N3O. The second-order valence-corrected chi connectivity index (χ2v) is 4.45. The van der Waals surface area contributed by atoms with Crippen molar-refractivity contribution in [3.8, 4) is 6.07 Å². The topological polar surface area (TPSA) is 56.1 Å². The van der Waals surface area contributed by atoms with Crippen molar-refractivity contribution in [2.45, 2.75) is 25.8 Å². The Bertz CT molecular complexity index is 457. The monoisotopic (exact) mass is 243 g/mol. The summed E-state index contributed by atoms with van der Waals surface area (Å²) >= 11 is 0. The summed E-state index contributed by atoms with van der Waals surface area (Å²) in [5, 5.41) is 11.8. The molecule has 0 atom stereocenters. The van der Waals surface area contributed by atoms with Gasteiger partial charge in [-0.1, -0.05) is 0 Å². The van der Waals surface area contributed by atoms with Gasteiger partial charge in [0.2, 0.25) is 5.91 Å². The first kappa shape index (κ1) is 12.4. The summed E-state index contributed by atoms with van der Waals surface area (Å²) in [6.07, 6.45) is 2.27. The van der Waals surface area contributed by atoms with E-state index in [4.69, 9.17) is 5.26 Å². The predicted octanol–water partition coefficient (Wildman–Crippen LogP) is 1.98. The summed E-state index contributed by atoms with van der Waals surface area (Å²) in [4.78, 5) is 13.9. The van der Waals surface area contributed by atoms with Gasteiger partial charge in [-0.3, -0.25) is 4.79 Å². The fourth-order valence-corrected chi connectivity index (χ4v) is 1.97. The summed E-state index contributed by atoms with van der Waals surface area (Å²) in [6.45, 7) is 3.10. The summed E-state index contributed by atoms with van der Waals surface area (Å²) in [5.41, 5.74) is 1.49. The van der Waals surface area contributed by atoms with Crippen LogP contribution in [0.15, 0.2) is 24.3 Å². The standard InChI is InChI=1S/C14H17N3O/c1-2-17(13-7-8-13)14(18)10-16-12-5-3-11(9-15)4-6-12/h3-6,13,16H,2,7-8,10H2,1H3. The van der Waals surface area contributed by atoms with Crippen molar-refractivity contribution in [3.63, 3.8) is 0 Å². The zero-order chi connectivity index (χ0) is 13.0. The lowest BCUT2D eigenvalue weighted by molar-refractivity contribution is -0.129. The third-order valence-corrected chi connectivity index (χ3v) is 3.11. The molecule has 0 bridgehead atoms. The fourth-order valence-electron chi connectivity index (χ4n) is 1.97. The van der Waals surface area contributed by atoms with Gasteiger partial charge in [0, 0.05) is 18.3 Å². The van der Waals surface area contributed by atoms with Gasteiger partial charge in [0.1, 0.15) is 0 Å². The number of nitrogens with one attached hydrogen (secondary N) is 1. The van der Waals surface area contributed by atoms with Gasteiger partial charge < -0.3 is 10.2 Å². The number of benzene rings is 1. The second kappa shape index (κ2) is 5.54. The van der Waals surface area contributed by atoms with Crippen LogP contribution in [0.3, 0.4) is 0 Å². The van der Waals surface area contributed by atoms with Crippen LogP contribution in [0.5, 0.6) is 0 Å². The molecule has 1 aliphatic carbocycles. The van der Waals surface area contributed by atoms with Crippen molar-refractivity contribution < 1.29 is 4.79 Å². The molecule has 0 unspecified atom stereocenters. The molecule has 1 aliphatic rings. The number of nitriles is 1. The van der Waals surface area contributed by atoms with Crippen LogP contribution >= 0.6 is 0 Å². The number of carbonyl (C=O) groups excluding carboxylic acids is 1. The zero-order valence-electron chi connectivity index (χ0n) is 10.5. The first-order valence-electron chi connectivity index (χ1n) is 6.28. The van der Waals surface area contributed by atoms with E-state index in [2.05, 4.69) is 11.4 Å². The number of anilines is 1. The quantitative estimate of drug-likeness (QED) is 0.860. The molecule has 1 N–H and O–H groups in total. The van der Waals surface area contributed by atoms with Crippen LogP contribution in [-0.2, 0) is 4.79 Å². The van der Waals surface area contributed by atoms with E-state index >= 15 is 0 Å². The van der Waals surface area contributed by atoms with Crippen LogP contribution in [0, 0.1) is 11.3 Å². The maximum absolute atomic E-state index is 12.0. The van der Waals surface area contributed by atoms with E-state index in [1.165, 1.54) is 0 Å². The minimum atomic E-state index is 0.143. The Labute approximate surface area is 107 Å². The van der Waals surface area contributed by atoms with E-state index < -0.39 is 0 Å². The van der Waals surface area contributed by atoms with Crippen molar-refractivity contribution in [1.82, 2.24) is 4.90 Å². The Balaban J connectivity index is 1.86. The second-order valence-electron chi connectivity index (χ2n) is 4.45. The van der Waals surface area contributed by atoms with Gasteiger partial charge >= 0.3 is 0 Å². The van der Waals surface area contributed by atoms with Crippen LogP contribution in [0.2, 0.25) is 0 Å². The average molecular weight is 243 g/mol. The van der Waals surface area contributed by atoms with Gasteiger partial charge in [0.15, 0.2) is 0 Å². The molecule has 1 aromatic carbocycles. The molecule has 1 aromatic rings. The summed E-state index contributed by atoms with van der Waals surface area (Å²) in [7, 11) is 0. The number of nitrogens with zero attached hydrogens (tertiary/aromatic N) is 2. The Morgan fingerprint density at radius 1 is 1.44 bits per heavy atom. The van der Waals surface area contributed by atoms with Crippen LogP contribution in [0.4, 0.5) is 5.69 Å². The lowest BCUT2D eigenvalue weighted by atomic mass is 10.2. The van der Waals surface area contributed by atoms with Crippen LogP contribution in [-0.4, -0.2) is 29.9 Å². The van der Waals surface area contributed by atoms with Gasteiger partial charge in [0.25, 0.3) is 0 Å². The first-order valence-corrected chi connectivity index (χ1v) is 6.28. The molecule has 2 rings (SSSR count). The van der Waals surface area contributed by atoms with E-state index in [0.29, 0.717) is 18.2 Å². The van der Waals surface area contributed by atoms with E-state index in [1.807, 2.05) is 24.0 Å². The van der Waals surface area contributed by atoms with E-state index in [9.17, 15) is 4.79 Å². The van der Waals surface area contributed by atoms with Gasteiger partial charge in [-0.15, -0.1) is 0 Å². The molecule has 4 heteroatoms. The number of hydrogen-bond acceptors (Lipinski definition) is 3. The third kappa shape index (κ3) is 3.01. The molecule has 1 fully saturated rings. The van der Waals surface area contributed by atoms with Crippen molar-refractivity contribution in [1.29, 1.82) is 5.26 Å². The third-order valence-electron chi connectivity index (χ3n) is 3.11. The highest BCUT2D eigenvalue weighted by molar-refractivity contribution is 5.81. The van der Waals surface area contributed by atoms with Crippen molar-refractivity contribution in [3.05, 3.63) is 29.8 Å². The van der Waals surface area contributed by atoms with Crippen molar-refractivity contribution in [2.24, 2.45) is 0 Å². The fraction of sp³-hybridized carbons (Fsp3) is 0.429. The maximum atomic E-state index is 12.0. The van der Waals surface area contributed by atoms with Crippen molar-refractivity contribution in [2.75, 3.05) is 18.4 Å². The summed E-state index contributed by atoms with van der Waals surface area (Å²) in [6, 6.07) is 9.65. The van der Waals surface area contributed by atoms with Crippen LogP contribution in [0.1, 0.15) is 25.3 Å². The summed E-state index contributed by atoms with van der Waals surface area (Å²) in [5.74, 6) is 0.143. The van der Waals surface area contributed by atoms with Gasteiger partial charge in [-0.25, -0.2) is 0 Å². The zero-order valence-corrected chi connectivity index (χ0v) is 10.5. The molecule has 0 aliphatic heterocycles. The minimum absolute atomic E-state index is 0.143. The molecule has 0 heterocycles. The highest BCUT2D eigenvalue weighted by Gasteiger charge is 2.30. The largest absolute Gasteiger partial charge is 0.376 e. The number of amides is 1. The van der Waals surface area contributed by atoms with Crippen LogP contribution < -0.4 is 5.32 Å². The minimum Gasteiger partial charge on any atom is -0.376 e. The Hall–Kier alpha value is -2.02.